The predicted octanol–water partition coefficient (Wildman–Crippen LogP) is 5.74. The fraction of sp³-hybridized carbons (Fsp3) is 1.00. The molecule has 122 valence electrons. The van der Waals surface area contributed by atoms with Crippen LogP contribution in [0, 0.1) is 0 Å². The molecule has 0 spiro atoms. The van der Waals surface area contributed by atoms with E-state index in [0.717, 1.165) is 19.6 Å². The van der Waals surface area contributed by atoms with Gasteiger partial charge in [0, 0.05) is 13.7 Å². The lowest BCUT2D eigenvalue weighted by molar-refractivity contribution is -0.00162. The van der Waals surface area contributed by atoms with Crippen LogP contribution in [0.1, 0.15) is 90.9 Å². The summed E-state index contributed by atoms with van der Waals surface area (Å²) in [5.74, 6) is 0. The highest BCUT2D eigenvalue weighted by Crippen LogP contribution is 2.13. The van der Waals surface area contributed by atoms with Crippen molar-refractivity contribution in [1.82, 2.24) is 0 Å². The van der Waals surface area contributed by atoms with Crippen LogP contribution in [0.3, 0.4) is 0 Å². The van der Waals surface area contributed by atoms with Gasteiger partial charge in [-0.3, -0.25) is 0 Å². The summed E-state index contributed by atoms with van der Waals surface area (Å²) in [6, 6.07) is 0. The SMILES string of the molecule is CCCCCCCCCCCCC[C@@H](COC)OCC. The van der Waals surface area contributed by atoms with Crippen molar-refractivity contribution < 1.29 is 9.47 Å². The summed E-state index contributed by atoms with van der Waals surface area (Å²) in [5.41, 5.74) is 0. The van der Waals surface area contributed by atoms with Gasteiger partial charge < -0.3 is 9.47 Å². The highest BCUT2D eigenvalue weighted by Gasteiger charge is 2.06. The lowest BCUT2D eigenvalue weighted by Gasteiger charge is -2.15. The summed E-state index contributed by atoms with van der Waals surface area (Å²) < 4.78 is 10.8. The third kappa shape index (κ3) is 14.3. The van der Waals surface area contributed by atoms with E-state index in [9.17, 15) is 0 Å². The summed E-state index contributed by atoms with van der Waals surface area (Å²) >= 11 is 0. The van der Waals surface area contributed by atoms with Crippen LogP contribution in [-0.4, -0.2) is 26.4 Å². The fourth-order valence-electron chi connectivity index (χ4n) is 2.67. The largest absolute Gasteiger partial charge is 0.382 e. The number of rotatable bonds is 16. The molecule has 0 amide bonds. The monoisotopic (exact) mass is 286 g/mol. The molecule has 0 aromatic carbocycles. The van der Waals surface area contributed by atoms with Crippen molar-refractivity contribution in [1.29, 1.82) is 0 Å². The van der Waals surface area contributed by atoms with Crippen LogP contribution in [0.25, 0.3) is 0 Å². The van der Waals surface area contributed by atoms with Crippen molar-refractivity contribution in [3.05, 3.63) is 0 Å². The number of methoxy groups -OCH3 is 1. The molecule has 2 nitrogen and oxygen atoms in total. The van der Waals surface area contributed by atoms with Crippen LogP contribution in [0.15, 0.2) is 0 Å². The number of hydrogen-bond acceptors (Lipinski definition) is 2. The molecule has 0 N–H and O–H groups in total. The Hall–Kier alpha value is -0.0800. The first-order valence-corrected chi connectivity index (χ1v) is 8.95. The Balaban J connectivity index is 3.18. The van der Waals surface area contributed by atoms with Crippen molar-refractivity contribution in [2.75, 3.05) is 20.3 Å². The second-order valence-corrected chi connectivity index (χ2v) is 5.86. The van der Waals surface area contributed by atoms with Gasteiger partial charge in [-0.2, -0.15) is 0 Å². The molecule has 20 heavy (non-hydrogen) atoms. The molecular weight excluding hydrogens is 248 g/mol. The molecular formula is C18H38O2. The molecule has 0 aliphatic carbocycles. The predicted molar refractivity (Wildman–Crippen MR) is 88.4 cm³/mol. The van der Waals surface area contributed by atoms with Gasteiger partial charge >= 0.3 is 0 Å². The van der Waals surface area contributed by atoms with Crippen molar-refractivity contribution >= 4 is 0 Å². The van der Waals surface area contributed by atoms with Gasteiger partial charge in [0.05, 0.1) is 12.7 Å². The summed E-state index contributed by atoms with van der Waals surface area (Å²) in [4.78, 5) is 0. The number of ether oxygens (including phenoxy) is 2. The lowest BCUT2D eigenvalue weighted by Crippen LogP contribution is -2.18. The molecule has 0 bridgehead atoms. The van der Waals surface area contributed by atoms with Gasteiger partial charge in [-0.05, 0) is 13.3 Å². The molecule has 0 saturated carbocycles. The van der Waals surface area contributed by atoms with E-state index in [1.54, 1.807) is 7.11 Å². The Morgan fingerprint density at radius 3 is 1.65 bits per heavy atom. The van der Waals surface area contributed by atoms with Crippen LogP contribution in [0.5, 0.6) is 0 Å². The van der Waals surface area contributed by atoms with Gasteiger partial charge in [-0.25, -0.2) is 0 Å². The van der Waals surface area contributed by atoms with E-state index in [0.29, 0.717) is 6.10 Å². The molecule has 2 heteroatoms. The van der Waals surface area contributed by atoms with Gasteiger partial charge in [0.2, 0.25) is 0 Å². The highest BCUT2D eigenvalue weighted by atomic mass is 16.5. The second kappa shape index (κ2) is 17.0. The van der Waals surface area contributed by atoms with Gasteiger partial charge in [-0.15, -0.1) is 0 Å². The fourth-order valence-corrected chi connectivity index (χ4v) is 2.67. The molecule has 0 fully saturated rings. The highest BCUT2D eigenvalue weighted by molar-refractivity contribution is 4.57. The van der Waals surface area contributed by atoms with Crippen LogP contribution < -0.4 is 0 Å². The van der Waals surface area contributed by atoms with Gasteiger partial charge in [-0.1, -0.05) is 77.6 Å². The average molecular weight is 286 g/mol. The zero-order valence-electron chi connectivity index (χ0n) is 14.3. The summed E-state index contributed by atoms with van der Waals surface area (Å²) in [6.45, 7) is 5.88. The maximum Gasteiger partial charge on any atom is 0.0808 e. The number of hydrogen-bond donors (Lipinski definition) is 0. The quantitative estimate of drug-likeness (QED) is 0.337. The second-order valence-electron chi connectivity index (χ2n) is 5.86. The molecule has 0 heterocycles. The molecule has 0 aromatic rings. The third-order valence-electron chi connectivity index (χ3n) is 3.88. The van der Waals surface area contributed by atoms with E-state index in [2.05, 4.69) is 13.8 Å². The Morgan fingerprint density at radius 2 is 1.20 bits per heavy atom. The van der Waals surface area contributed by atoms with Gasteiger partial charge in [0.1, 0.15) is 0 Å². The molecule has 0 unspecified atom stereocenters. The summed E-state index contributed by atoms with van der Waals surface area (Å²) in [5, 5.41) is 0. The van der Waals surface area contributed by atoms with Crippen molar-refractivity contribution in [3.63, 3.8) is 0 Å². The maximum atomic E-state index is 5.65. The lowest BCUT2D eigenvalue weighted by atomic mass is 10.0. The molecule has 1 atom stereocenters. The first kappa shape index (κ1) is 19.9. The van der Waals surface area contributed by atoms with E-state index in [1.165, 1.54) is 70.6 Å². The van der Waals surface area contributed by atoms with E-state index < -0.39 is 0 Å². The Labute approximate surface area is 127 Å². The molecule has 0 radical (unpaired) electrons. The van der Waals surface area contributed by atoms with E-state index in [-0.39, 0.29) is 0 Å². The Morgan fingerprint density at radius 1 is 0.700 bits per heavy atom. The van der Waals surface area contributed by atoms with Crippen molar-refractivity contribution in [2.45, 2.75) is 97.0 Å². The van der Waals surface area contributed by atoms with Crippen LogP contribution in [0.2, 0.25) is 0 Å². The normalized spacial score (nSPS) is 12.8. The zero-order valence-corrected chi connectivity index (χ0v) is 14.3. The van der Waals surface area contributed by atoms with E-state index >= 15 is 0 Å². The zero-order chi connectivity index (χ0) is 14.9. The smallest absolute Gasteiger partial charge is 0.0808 e. The minimum Gasteiger partial charge on any atom is -0.382 e. The standard InChI is InChI=1S/C18H38O2/c1-4-6-7-8-9-10-11-12-13-14-15-16-18(17-19-3)20-5-2/h18H,4-17H2,1-3H3/t18-/m0/s1. The third-order valence-corrected chi connectivity index (χ3v) is 3.88. The van der Waals surface area contributed by atoms with Gasteiger partial charge in [0.15, 0.2) is 0 Å². The van der Waals surface area contributed by atoms with Crippen LogP contribution >= 0.6 is 0 Å². The molecule has 0 aromatic heterocycles. The van der Waals surface area contributed by atoms with E-state index in [1.807, 2.05) is 0 Å². The van der Waals surface area contributed by atoms with Crippen molar-refractivity contribution in [2.24, 2.45) is 0 Å². The first-order chi connectivity index (χ1) is 9.85. The minimum absolute atomic E-state index is 0.309. The summed E-state index contributed by atoms with van der Waals surface area (Å²) in [6.07, 6.45) is 16.9. The van der Waals surface area contributed by atoms with E-state index in [4.69, 9.17) is 9.47 Å². The topological polar surface area (TPSA) is 18.5 Å². The molecule has 0 aliphatic rings. The summed E-state index contributed by atoms with van der Waals surface area (Å²) in [7, 11) is 1.76. The van der Waals surface area contributed by atoms with Gasteiger partial charge in [0.25, 0.3) is 0 Å². The Kier molecular flexibility index (Phi) is 16.9. The van der Waals surface area contributed by atoms with Crippen LogP contribution in [0.4, 0.5) is 0 Å². The Bertz CT molecular complexity index is 165. The first-order valence-electron chi connectivity index (χ1n) is 8.95. The minimum atomic E-state index is 0.309. The van der Waals surface area contributed by atoms with Crippen LogP contribution in [-0.2, 0) is 9.47 Å². The maximum absolute atomic E-state index is 5.65. The average Bonchev–Trinajstić information content (AvgIpc) is 2.45. The molecule has 0 rings (SSSR count). The number of unbranched alkanes of at least 4 members (excludes halogenated alkanes) is 10. The molecule has 0 saturated heterocycles. The molecule has 0 aliphatic heterocycles. The van der Waals surface area contributed by atoms with Crippen molar-refractivity contribution in [3.8, 4) is 0 Å².